The van der Waals surface area contributed by atoms with Gasteiger partial charge in [0.2, 0.25) is 0 Å². The third-order valence-corrected chi connectivity index (χ3v) is 9.29. The van der Waals surface area contributed by atoms with Crippen molar-refractivity contribution < 1.29 is 33.0 Å². The Morgan fingerprint density at radius 1 is 0.783 bits per heavy atom. The third kappa shape index (κ3) is 8.30. The van der Waals surface area contributed by atoms with E-state index in [1.807, 2.05) is 50.2 Å². The summed E-state index contributed by atoms with van der Waals surface area (Å²) in [4.78, 5) is 39.0. The van der Waals surface area contributed by atoms with E-state index in [4.69, 9.17) is 14.2 Å². The van der Waals surface area contributed by atoms with Crippen molar-refractivity contribution in [1.29, 1.82) is 0 Å². The topological polar surface area (TPSA) is 78.9 Å². The van der Waals surface area contributed by atoms with Crippen LogP contribution in [0.1, 0.15) is 59.9 Å². The van der Waals surface area contributed by atoms with E-state index in [1.54, 1.807) is 61.5 Å². The molecule has 0 aromatic heterocycles. The van der Waals surface area contributed by atoms with Crippen molar-refractivity contribution in [3.8, 4) is 11.1 Å². The maximum absolute atomic E-state index is 14.3. The fraction of sp³-hybridized carbons (Fsp3) is 0.289. The molecule has 4 aromatic carbocycles. The van der Waals surface area contributed by atoms with Gasteiger partial charge in [-0.1, -0.05) is 73.3 Å². The molecule has 0 amide bonds. The highest BCUT2D eigenvalue weighted by Crippen LogP contribution is 2.40. The highest BCUT2D eigenvalue weighted by Gasteiger charge is 2.47. The van der Waals surface area contributed by atoms with Crippen LogP contribution in [-0.4, -0.2) is 41.5 Å². The summed E-state index contributed by atoms with van der Waals surface area (Å²) in [6.07, 6.45) is -0.273. The molecule has 46 heavy (non-hydrogen) atoms. The van der Waals surface area contributed by atoms with Crippen molar-refractivity contribution in [2.45, 2.75) is 68.7 Å². The number of hydrogen-bond donors (Lipinski definition) is 0. The third-order valence-electron chi connectivity index (χ3n) is 8.15. The Hall–Kier alpha value is -4.27. The SMILES string of the molecule is CC(=O)CCCc1ccc(SC2O[C@@H](C)[C@H](C)[C@@H](OC(=O)c3ccccc3)[C@H]2OC(=O)c2ccccc2)cc1-c1cccc(F)c1. The van der Waals surface area contributed by atoms with E-state index >= 15 is 0 Å². The van der Waals surface area contributed by atoms with Crippen molar-refractivity contribution in [3.05, 3.63) is 126 Å². The van der Waals surface area contributed by atoms with Crippen LogP contribution >= 0.6 is 11.8 Å². The smallest absolute Gasteiger partial charge is 0.338 e. The number of rotatable bonds is 11. The van der Waals surface area contributed by atoms with Gasteiger partial charge < -0.3 is 19.0 Å². The number of aryl methyl sites for hydroxylation is 1. The monoisotopic (exact) mass is 640 g/mol. The molecule has 8 heteroatoms. The fourth-order valence-corrected chi connectivity index (χ4v) is 6.67. The van der Waals surface area contributed by atoms with Crippen molar-refractivity contribution in [2.75, 3.05) is 0 Å². The highest BCUT2D eigenvalue weighted by molar-refractivity contribution is 7.99. The quantitative estimate of drug-likeness (QED) is 0.153. The number of halogens is 1. The van der Waals surface area contributed by atoms with Gasteiger partial charge >= 0.3 is 11.9 Å². The molecule has 0 radical (unpaired) electrons. The molecule has 6 nitrogen and oxygen atoms in total. The first-order valence-electron chi connectivity index (χ1n) is 15.4. The van der Waals surface area contributed by atoms with Gasteiger partial charge in [-0.05, 0) is 91.9 Å². The molecule has 1 unspecified atom stereocenters. The van der Waals surface area contributed by atoms with Gasteiger partial charge in [-0.2, -0.15) is 0 Å². The average molecular weight is 641 g/mol. The molecule has 1 aliphatic heterocycles. The van der Waals surface area contributed by atoms with Crippen LogP contribution in [0.25, 0.3) is 11.1 Å². The molecule has 5 rings (SSSR count). The Labute approximate surface area is 273 Å². The van der Waals surface area contributed by atoms with Crippen LogP contribution < -0.4 is 0 Å². The zero-order chi connectivity index (χ0) is 32.6. The number of esters is 2. The Kier molecular flexibility index (Phi) is 11.0. The number of ketones is 1. The summed E-state index contributed by atoms with van der Waals surface area (Å²) in [6, 6.07) is 29.7. The van der Waals surface area contributed by atoms with Crippen LogP contribution in [0, 0.1) is 11.7 Å². The van der Waals surface area contributed by atoms with E-state index in [0.29, 0.717) is 36.0 Å². The minimum atomic E-state index is -0.940. The van der Waals surface area contributed by atoms with Crippen LogP contribution in [0.5, 0.6) is 0 Å². The number of carbonyl (C=O) groups excluding carboxylic acids is 3. The van der Waals surface area contributed by atoms with E-state index in [0.717, 1.165) is 16.0 Å². The second kappa shape index (κ2) is 15.3. The Bertz CT molecular complexity index is 1660. The molecule has 1 aliphatic rings. The van der Waals surface area contributed by atoms with Crippen molar-refractivity contribution >= 4 is 29.5 Å². The summed E-state index contributed by atoms with van der Waals surface area (Å²) < 4.78 is 33.0. The Morgan fingerprint density at radius 3 is 2.02 bits per heavy atom. The van der Waals surface area contributed by atoms with E-state index in [1.165, 1.54) is 23.9 Å². The van der Waals surface area contributed by atoms with Gasteiger partial charge in [-0.25, -0.2) is 14.0 Å². The summed E-state index contributed by atoms with van der Waals surface area (Å²) in [5, 5.41) is 0. The maximum Gasteiger partial charge on any atom is 0.338 e. The largest absolute Gasteiger partial charge is 0.454 e. The number of hydrogen-bond acceptors (Lipinski definition) is 7. The van der Waals surface area contributed by atoms with E-state index in [-0.39, 0.29) is 23.6 Å². The predicted molar refractivity (Wildman–Crippen MR) is 176 cm³/mol. The van der Waals surface area contributed by atoms with Crippen LogP contribution in [0.4, 0.5) is 4.39 Å². The van der Waals surface area contributed by atoms with Crippen molar-refractivity contribution in [2.24, 2.45) is 5.92 Å². The summed E-state index contributed by atoms with van der Waals surface area (Å²) in [5.41, 5.74) is 2.59. The molecular formula is C38H37FO6S. The first-order chi connectivity index (χ1) is 22.2. The summed E-state index contributed by atoms with van der Waals surface area (Å²) in [7, 11) is 0. The van der Waals surface area contributed by atoms with Gasteiger partial charge in [0, 0.05) is 17.2 Å². The molecule has 0 aliphatic carbocycles. The first-order valence-corrected chi connectivity index (χ1v) is 16.3. The molecule has 0 saturated carbocycles. The zero-order valence-electron chi connectivity index (χ0n) is 26.1. The normalized spacial score (nSPS) is 20.9. The van der Waals surface area contributed by atoms with Crippen LogP contribution in [0.3, 0.4) is 0 Å². The lowest BCUT2D eigenvalue weighted by Gasteiger charge is -2.43. The summed E-state index contributed by atoms with van der Waals surface area (Å²) in [6.45, 7) is 5.40. The molecule has 1 heterocycles. The number of benzene rings is 4. The van der Waals surface area contributed by atoms with Gasteiger partial charge in [0.25, 0.3) is 0 Å². The molecule has 1 saturated heterocycles. The Balaban J connectivity index is 1.48. The molecular weight excluding hydrogens is 603 g/mol. The standard InChI is InChI=1S/C38H37FO6S/c1-24(40)12-10-17-27-20-21-32(23-33(27)30-18-11-19-31(39)22-30)46-38-35(45-37(42)29-15-8-5-9-16-29)34(25(2)26(3)43-38)44-36(41)28-13-6-4-7-14-28/h4-9,11,13-16,18-23,25-26,34-35,38H,10,12,17H2,1-3H3/t25-,26-,34+,35+,38?/m0/s1. The molecule has 238 valence electrons. The summed E-state index contributed by atoms with van der Waals surface area (Å²) in [5.74, 6) is -1.58. The number of carbonyl (C=O) groups is 3. The highest BCUT2D eigenvalue weighted by atomic mass is 32.2. The molecule has 1 fully saturated rings. The minimum Gasteiger partial charge on any atom is -0.454 e. The van der Waals surface area contributed by atoms with Crippen LogP contribution in [0.2, 0.25) is 0 Å². The summed E-state index contributed by atoms with van der Waals surface area (Å²) >= 11 is 1.35. The van der Waals surface area contributed by atoms with Gasteiger partial charge in [-0.3, -0.25) is 0 Å². The van der Waals surface area contributed by atoms with Crippen LogP contribution in [0.15, 0.2) is 108 Å². The molecule has 4 aromatic rings. The van der Waals surface area contributed by atoms with Gasteiger partial charge in [0.05, 0.1) is 17.2 Å². The first kappa shape index (κ1) is 33.1. The van der Waals surface area contributed by atoms with Crippen molar-refractivity contribution in [1.82, 2.24) is 0 Å². The Morgan fingerprint density at radius 2 is 1.41 bits per heavy atom. The number of thioether (sulfide) groups is 1. The lowest BCUT2D eigenvalue weighted by Crippen LogP contribution is -2.55. The zero-order valence-corrected chi connectivity index (χ0v) is 26.9. The maximum atomic E-state index is 14.3. The average Bonchev–Trinajstić information content (AvgIpc) is 3.06. The van der Waals surface area contributed by atoms with E-state index < -0.39 is 29.6 Å². The van der Waals surface area contributed by atoms with Gasteiger partial charge in [0.1, 0.15) is 23.1 Å². The second-order valence-corrected chi connectivity index (χ2v) is 12.7. The predicted octanol–water partition coefficient (Wildman–Crippen LogP) is 8.33. The molecule has 0 N–H and O–H groups in total. The molecule has 0 bridgehead atoms. The van der Waals surface area contributed by atoms with Gasteiger partial charge in [0.15, 0.2) is 6.10 Å². The lowest BCUT2D eigenvalue weighted by atomic mass is 9.91. The van der Waals surface area contributed by atoms with Crippen LogP contribution in [-0.2, 0) is 25.4 Å². The lowest BCUT2D eigenvalue weighted by molar-refractivity contribution is -0.165. The van der Waals surface area contributed by atoms with E-state index in [2.05, 4.69) is 0 Å². The minimum absolute atomic E-state index is 0.121. The number of Topliss-reactive ketones (excluding diaryl/α,β-unsaturated/α-hetero) is 1. The molecule has 0 spiro atoms. The second-order valence-electron chi connectivity index (χ2n) is 11.5. The molecule has 5 atom stereocenters. The van der Waals surface area contributed by atoms with Gasteiger partial charge in [-0.15, -0.1) is 0 Å². The van der Waals surface area contributed by atoms with Crippen molar-refractivity contribution in [3.63, 3.8) is 0 Å². The van der Waals surface area contributed by atoms with E-state index in [9.17, 15) is 18.8 Å². The number of ether oxygens (including phenoxy) is 3. The fourth-order valence-electron chi connectivity index (χ4n) is 5.49.